The second kappa shape index (κ2) is 5.72. The van der Waals surface area contributed by atoms with E-state index in [1.807, 2.05) is 25.1 Å². The van der Waals surface area contributed by atoms with Gasteiger partial charge >= 0.3 is 0 Å². The summed E-state index contributed by atoms with van der Waals surface area (Å²) >= 11 is 3.35. The van der Waals surface area contributed by atoms with Crippen LogP contribution in [0.15, 0.2) is 40.9 Å². The van der Waals surface area contributed by atoms with Crippen molar-refractivity contribution in [1.82, 2.24) is 0 Å². The van der Waals surface area contributed by atoms with Gasteiger partial charge in [0.1, 0.15) is 11.6 Å². The van der Waals surface area contributed by atoms with Crippen LogP contribution in [-0.4, -0.2) is 7.11 Å². The van der Waals surface area contributed by atoms with Crippen LogP contribution in [0, 0.1) is 12.7 Å². The molecule has 1 unspecified atom stereocenters. The lowest BCUT2D eigenvalue weighted by atomic mass is 9.98. The standard InChI is InChI=1S/C15H15BrFNO/c1-9-7-10(3-6-14(9)19-2)15(18)12-5-4-11(17)8-13(12)16/h3-8,15H,18H2,1-2H3. The predicted octanol–water partition coefficient (Wildman–Crippen LogP) is 3.95. The Morgan fingerprint density at radius 3 is 2.53 bits per heavy atom. The fourth-order valence-corrected chi connectivity index (χ4v) is 2.63. The van der Waals surface area contributed by atoms with Gasteiger partial charge in [0, 0.05) is 4.47 Å². The lowest BCUT2D eigenvalue weighted by molar-refractivity contribution is 0.411. The molecule has 2 N–H and O–H groups in total. The van der Waals surface area contributed by atoms with Crippen molar-refractivity contribution in [3.63, 3.8) is 0 Å². The van der Waals surface area contributed by atoms with Crippen LogP contribution < -0.4 is 10.5 Å². The molecule has 0 fully saturated rings. The van der Waals surface area contributed by atoms with Crippen LogP contribution in [0.3, 0.4) is 0 Å². The van der Waals surface area contributed by atoms with Gasteiger partial charge in [-0.15, -0.1) is 0 Å². The molecule has 2 aromatic carbocycles. The average Bonchev–Trinajstić information content (AvgIpc) is 2.38. The maximum Gasteiger partial charge on any atom is 0.124 e. The number of methoxy groups -OCH3 is 1. The summed E-state index contributed by atoms with van der Waals surface area (Å²) in [6, 6.07) is 10.0. The van der Waals surface area contributed by atoms with Crippen molar-refractivity contribution >= 4 is 15.9 Å². The first-order chi connectivity index (χ1) is 9.02. The van der Waals surface area contributed by atoms with Gasteiger partial charge in [-0.3, -0.25) is 0 Å². The summed E-state index contributed by atoms with van der Waals surface area (Å²) in [5, 5.41) is 0. The van der Waals surface area contributed by atoms with E-state index in [0.29, 0.717) is 4.47 Å². The molecule has 0 spiro atoms. The lowest BCUT2D eigenvalue weighted by Gasteiger charge is -2.16. The van der Waals surface area contributed by atoms with E-state index in [0.717, 1.165) is 22.4 Å². The van der Waals surface area contributed by atoms with Crippen molar-refractivity contribution < 1.29 is 9.13 Å². The van der Waals surface area contributed by atoms with E-state index in [2.05, 4.69) is 15.9 Å². The minimum atomic E-state index is -0.306. The molecule has 2 nitrogen and oxygen atoms in total. The number of halogens is 2. The van der Waals surface area contributed by atoms with Gasteiger partial charge in [-0.1, -0.05) is 34.1 Å². The molecule has 1 atom stereocenters. The van der Waals surface area contributed by atoms with Crippen molar-refractivity contribution in [3.8, 4) is 5.75 Å². The van der Waals surface area contributed by atoms with E-state index >= 15 is 0 Å². The molecule has 0 heterocycles. The van der Waals surface area contributed by atoms with Crippen LogP contribution in [0.25, 0.3) is 0 Å². The number of aryl methyl sites for hydroxylation is 1. The molecule has 0 aliphatic carbocycles. The molecule has 0 saturated heterocycles. The summed E-state index contributed by atoms with van der Waals surface area (Å²) in [7, 11) is 1.64. The van der Waals surface area contributed by atoms with Gasteiger partial charge < -0.3 is 10.5 Å². The fraction of sp³-hybridized carbons (Fsp3) is 0.200. The van der Waals surface area contributed by atoms with Crippen molar-refractivity contribution in [3.05, 3.63) is 63.4 Å². The molecule has 0 aliphatic heterocycles. The number of ether oxygens (including phenoxy) is 1. The van der Waals surface area contributed by atoms with Gasteiger partial charge in [-0.05, 0) is 41.8 Å². The van der Waals surface area contributed by atoms with E-state index in [1.165, 1.54) is 12.1 Å². The van der Waals surface area contributed by atoms with Gasteiger partial charge in [0.15, 0.2) is 0 Å². The maximum absolute atomic E-state index is 13.1. The normalized spacial score (nSPS) is 12.3. The highest BCUT2D eigenvalue weighted by molar-refractivity contribution is 9.10. The minimum Gasteiger partial charge on any atom is -0.496 e. The summed E-state index contributed by atoms with van der Waals surface area (Å²) in [5.74, 6) is 0.544. The second-order valence-corrected chi connectivity index (χ2v) is 5.23. The molecule has 0 amide bonds. The Morgan fingerprint density at radius 2 is 1.95 bits per heavy atom. The fourth-order valence-electron chi connectivity index (χ4n) is 2.03. The van der Waals surface area contributed by atoms with Gasteiger partial charge in [-0.25, -0.2) is 4.39 Å². The van der Waals surface area contributed by atoms with Crippen LogP contribution in [0.1, 0.15) is 22.7 Å². The topological polar surface area (TPSA) is 35.2 Å². The maximum atomic E-state index is 13.1. The van der Waals surface area contributed by atoms with E-state index in [4.69, 9.17) is 10.5 Å². The number of benzene rings is 2. The third kappa shape index (κ3) is 2.96. The first-order valence-corrected chi connectivity index (χ1v) is 6.67. The van der Waals surface area contributed by atoms with Crippen molar-refractivity contribution in [2.75, 3.05) is 7.11 Å². The number of rotatable bonds is 3. The zero-order valence-electron chi connectivity index (χ0n) is 10.8. The van der Waals surface area contributed by atoms with Gasteiger partial charge in [0.2, 0.25) is 0 Å². The highest BCUT2D eigenvalue weighted by Crippen LogP contribution is 2.29. The molecule has 0 aromatic heterocycles. The van der Waals surface area contributed by atoms with E-state index in [-0.39, 0.29) is 11.9 Å². The minimum absolute atomic E-state index is 0.284. The number of nitrogens with two attached hydrogens (primary N) is 1. The second-order valence-electron chi connectivity index (χ2n) is 4.37. The Bertz CT molecular complexity index is 601. The van der Waals surface area contributed by atoms with Gasteiger partial charge in [-0.2, -0.15) is 0 Å². The van der Waals surface area contributed by atoms with Crippen LogP contribution >= 0.6 is 15.9 Å². The molecule has 4 heteroatoms. The third-order valence-corrected chi connectivity index (χ3v) is 3.76. The summed E-state index contributed by atoms with van der Waals surface area (Å²) in [5.41, 5.74) is 9.07. The first-order valence-electron chi connectivity index (χ1n) is 5.88. The van der Waals surface area contributed by atoms with Crippen LogP contribution in [-0.2, 0) is 0 Å². The summed E-state index contributed by atoms with van der Waals surface area (Å²) in [4.78, 5) is 0. The summed E-state index contributed by atoms with van der Waals surface area (Å²) in [6.07, 6.45) is 0. The van der Waals surface area contributed by atoms with Crippen LogP contribution in [0.4, 0.5) is 4.39 Å². The molecular formula is C15H15BrFNO. The molecule has 2 aromatic rings. The number of hydrogen-bond acceptors (Lipinski definition) is 2. The van der Waals surface area contributed by atoms with Crippen molar-refractivity contribution in [2.45, 2.75) is 13.0 Å². The Morgan fingerprint density at radius 1 is 1.21 bits per heavy atom. The van der Waals surface area contributed by atoms with Gasteiger partial charge in [0.25, 0.3) is 0 Å². The smallest absolute Gasteiger partial charge is 0.124 e. The monoisotopic (exact) mass is 323 g/mol. The number of hydrogen-bond donors (Lipinski definition) is 1. The van der Waals surface area contributed by atoms with E-state index < -0.39 is 0 Å². The summed E-state index contributed by atoms with van der Waals surface area (Å²) in [6.45, 7) is 1.97. The quantitative estimate of drug-likeness (QED) is 0.928. The highest BCUT2D eigenvalue weighted by Gasteiger charge is 2.14. The molecule has 100 valence electrons. The predicted molar refractivity (Wildman–Crippen MR) is 77.9 cm³/mol. The van der Waals surface area contributed by atoms with Crippen LogP contribution in [0.5, 0.6) is 5.75 Å². The molecule has 0 radical (unpaired) electrons. The molecule has 0 bridgehead atoms. The van der Waals surface area contributed by atoms with Crippen molar-refractivity contribution in [2.24, 2.45) is 5.73 Å². The highest BCUT2D eigenvalue weighted by atomic mass is 79.9. The van der Waals surface area contributed by atoms with Crippen molar-refractivity contribution in [1.29, 1.82) is 0 Å². The molecule has 2 rings (SSSR count). The largest absolute Gasteiger partial charge is 0.496 e. The van der Waals surface area contributed by atoms with Crippen LogP contribution in [0.2, 0.25) is 0 Å². The Kier molecular flexibility index (Phi) is 4.22. The Hall–Kier alpha value is -1.39. The Balaban J connectivity index is 2.38. The molecule has 19 heavy (non-hydrogen) atoms. The Labute approximate surface area is 120 Å². The lowest BCUT2D eigenvalue weighted by Crippen LogP contribution is -2.13. The zero-order valence-corrected chi connectivity index (χ0v) is 12.4. The third-order valence-electron chi connectivity index (χ3n) is 3.08. The molecule has 0 aliphatic rings. The SMILES string of the molecule is COc1ccc(C(N)c2ccc(F)cc2Br)cc1C. The first kappa shape index (κ1) is 14.0. The molecular weight excluding hydrogens is 309 g/mol. The van der Waals surface area contributed by atoms with E-state index in [9.17, 15) is 4.39 Å². The zero-order chi connectivity index (χ0) is 14.0. The average molecular weight is 324 g/mol. The van der Waals surface area contributed by atoms with E-state index in [1.54, 1.807) is 13.2 Å². The van der Waals surface area contributed by atoms with Gasteiger partial charge in [0.05, 0.1) is 13.2 Å². The molecule has 0 saturated carbocycles. The summed E-state index contributed by atoms with van der Waals surface area (Å²) < 4.78 is 19.0.